The van der Waals surface area contributed by atoms with E-state index in [0.29, 0.717) is 5.56 Å². The van der Waals surface area contributed by atoms with E-state index in [1.54, 1.807) is 6.07 Å². The van der Waals surface area contributed by atoms with Gasteiger partial charge >= 0.3 is 0 Å². The number of aromatic nitrogens is 1. The summed E-state index contributed by atoms with van der Waals surface area (Å²) < 4.78 is 2.14. The number of phenolic OH excluding ortho intramolecular Hbond substituents is 1. The number of nitrogens with zero attached hydrogens (tertiary/aromatic N) is 2. The number of aliphatic hydroxyl groups excluding tert-OH is 2. The fourth-order valence-electron chi connectivity index (χ4n) is 6.58. The quantitative estimate of drug-likeness (QED) is 0.235. The van der Waals surface area contributed by atoms with Crippen LogP contribution in [0.15, 0.2) is 109 Å². The number of aromatic hydroxyl groups is 1. The first kappa shape index (κ1) is 25.4. The second-order valence-electron chi connectivity index (χ2n) is 11.1. The zero-order chi connectivity index (χ0) is 28.2. The van der Waals surface area contributed by atoms with Gasteiger partial charge < -0.3 is 24.8 Å². The predicted octanol–water partition coefficient (Wildman–Crippen LogP) is 6.45. The van der Waals surface area contributed by atoms with Crippen molar-refractivity contribution in [3.8, 4) is 5.75 Å². The lowest BCUT2D eigenvalue weighted by Crippen LogP contribution is -2.53. The van der Waals surface area contributed by atoms with Crippen molar-refractivity contribution in [2.75, 3.05) is 4.90 Å². The molecule has 7 rings (SSSR count). The summed E-state index contributed by atoms with van der Waals surface area (Å²) in [5.74, 6) is -0.980. The van der Waals surface area contributed by atoms with Gasteiger partial charge in [0, 0.05) is 69.2 Å². The number of aliphatic hydroxyl groups is 2. The maximum atomic E-state index is 11.3. The summed E-state index contributed by atoms with van der Waals surface area (Å²) >= 11 is 0. The van der Waals surface area contributed by atoms with E-state index in [0.717, 1.165) is 33.3 Å². The van der Waals surface area contributed by atoms with Crippen molar-refractivity contribution in [1.82, 2.24) is 4.57 Å². The van der Waals surface area contributed by atoms with E-state index in [2.05, 4.69) is 46.7 Å². The average molecular weight is 541 g/mol. The van der Waals surface area contributed by atoms with Gasteiger partial charge in [0.05, 0.1) is 12.2 Å². The van der Waals surface area contributed by atoms with E-state index in [1.807, 2.05) is 85.9 Å². The topological polar surface area (TPSA) is 68.9 Å². The summed E-state index contributed by atoms with van der Waals surface area (Å²) in [7, 11) is 2.03. The van der Waals surface area contributed by atoms with Crippen LogP contribution in [0.5, 0.6) is 5.75 Å². The minimum Gasteiger partial charge on any atom is -0.508 e. The molecule has 0 radical (unpaired) electrons. The highest BCUT2D eigenvalue weighted by molar-refractivity contribution is 6.11. The monoisotopic (exact) mass is 540 g/mol. The number of rotatable bonds is 5. The third-order valence-electron chi connectivity index (χ3n) is 8.77. The van der Waals surface area contributed by atoms with Crippen LogP contribution in [0.1, 0.15) is 17.0 Å². The molecule has 1 heterocycles. The van der Waals surface area contributed by atoms with Crippen LogP contribution in [0.25, 0.3) is 27.8 Å². The normalized spacial score (nSPS) is 20.9. The standard InChI is InChI=1S/C36H32N2O3/c1-22-16-19-30-33-26(22)14-9-15-27(33)31(37(30)2)21-29-35(40)34(36(29)41)28-18-17-25(20-32(28)39)38(23-10-5-3-6-11-23)24-12-7-4-8-13-24/h3-21,29,34-36,39-41H,1-2H3/b31-21+. The molecule has 0 bridgehead atoms. The summed E-state index contributed by atoms with van der Waals surface area (Å²) in [5, 5.41) is 38.3. The van der Waals surface area contributed by atoms with E-state index in [9.17, 15) is 15.3 Å². The molecule has 41 heavy (non-hydrogen) atoms. The Morgan fingerprint density at radius 2 is 1.34 bits per heavy atom. The number of benzene rings is 5. The van der Waals surface area contributed by atoms with Crippen molar-refractivity contribution in [3.63, 3.8) is 0 Å². The highest BCUT2D eigenvalue weighted by atomic mass is 16.3. The summed E-state index contributed by atoms with van der Waals surface area (Å²) in [6.07, 6.45) is 0.340. The van der Waals surface area contributed by atoms with E-state index < -0.39 is 24.0 Å². The molecular formula is C36H32N2O3. The van der Waals surface area contributed by atoms with Crippen molar-refractivity contribution in [1.29, 1.82) is 0 Å². The highest BCUT2D eigenvalue weighted by Gasteiger charge is 2.49. The van der Waals surface area contributed by atoms with E-state index in [-0.39, 0.29) is 5.75 Å². The average Bonchev–Trinajstić information content (AvgIpc) is 3.27. The molecule has 1 aliphatic carbocycles. The minimum atomic E-state index is -0.827. The first-order valence-corrected chi connectivity index (χ1v) is 14.0. The molecule has 1 saturated carbocycles. The van der Waals surface area contributed by atoms with Gasteiger partial charge in [-0.3, -0.25) is 0 Å². The Hall–Kier alpha value is -4.58. The highest BCUT2D eigenvalue weighted by Crippen LogP contribution is 2.47. The molecule has 1 aliphatic rings. The molecule has 0 saturated heterocycles. The molecule has 204 valence electrons. The van der Waals surface area contributed by atoms with Gasteiger partial charge in [0.25, 0.3) is 0 Å². The number of para-hydroxylation sites is 2. The minimum absolute atomic E-state index is 0.0548. The van der Waals surface area contributed by atoms with Crippen LogP contribution < -0.4 is 10.2 Å². The van der Waals surface area contributed by atoms with Crippen LogP contribution in [0, 0.1) is 12.8 Å². The van der Waals surface area contributed by atoms with Crippen molar-refractivity contribution >= 4 is 44.8 Å². The Bertz CT molecular complexity index is 1880. The number of phenols is 1. The van der Waals surface area contributed by atoms with E-state index in [1.165, 1.54) is 16.3 Å². The summed E-state index contributed by atoms with van der Waals surface area (Å²) in [6, 6.07) is 36.0. The Morgan fingerprint density at radius 1 is 0.707 bits per heavy atom. The van der Waals surface area contributed by atoms with Gasteiger partial charge in [-0.15, -0.1) is 0 Å². The fourth-order valence-corrected chi connectivity index (χ4v) is 6.58. The molecule has 0 spiro atoms. The molecule has 5 aromatic carbocycles. The van der Waals surface area contributed by atoms with Crippen molar-refractivity contribution in [3.05, 3.63) is 126 Å². The molecule has 5 nitrogen and oxygen atoms in total. The molecule has 3 N–H and O–H groups in total. The van der Waals surface area contributed by atoms with Crippen molar-refractivity contribution in [2.45, 2.75) is 25.0 Å². The van der Waals surface area contributed by atoms with Crippen LogP contribution in [0.3, 0.4) is 0 Å². The number of aryl methyl sites for hydroxylation is 2. The number of hydrogen-bond acceptors (Lipinski definition) is 4. The zero-order valence-corrected chi connectivity index (χ0v) is 23.0. The molecule has 2 atom stereocenters. The lowest BCUT2D eigenvalue weighted by Gasteiger charge is -2.45. The second-order valence-corrected chi connectivity index (χ2v) is 11.1. The Kier molecular flexibility index (Phi) is 6.07. The summed E-state index contributed by atoms with van der Waals surface area (Å²) in [5.41, 5.74) is 5.62. The van der Waals surface area contributed by atoms with Crippen LogP contribution in [0.4, 0.5) is 17.1 Å². The summed E-state index contributed by atoms with van der Waals surface area (Å²) in [4.78, 5) is 2.07. The maximum Gasteiger partial charge on any atom is 0.121 e. The second kappa shape index (κ2) is 9.81. The Labute approximate surface area is 238 Å². The molecular weight excluding hydrogens is 508 g/mol. The molecule has 2 unspecified atom stereocenters. The largest absolute Gasteiger partial charge is 0.508 e. The van der Waals surface area contributed by atoms with E-state index in [4.69, 9.17) is 0 Å². The van der Waals surface area contributed by atoms with E-state index >= 15 is 0 Å². The Balaban J connectivity index is 1.23. The van der Waals surface area contributed by atoms with Crippen LogP contribution in [-0.4, -0.2) is 32.1 Å². The van der Waals surface area contributed by atoms with Crippen LogP contribution >= 0.6 is 0 Å². The van der Waals surface area contributed by atoms with Crippen LogP contribution in [0.2, 0.25) is 0 Å². The lowest BCUT2D eigenvalue weighted by molar-refractivity contribution is -0.0880. The zero-order valence-electron chi connectivity index (χ0n) is 23.0. The van der Waals surface area contributed by atoms with Gasteiger partial charge in [0.15, 0.2) is 0 Å². The van der Waals surface area contributed by atoms with Gasteiger partial charge in [-0.05, 0) is 54.3 Å². The van der Waals surface area contributed by atoms with Crippen molar-refractivity contribution < 1.29 is 15.3 Å². The van der Waals surface area contributed by atoms with Crippen LogP contribution in [-0.2, 0) is 7.05 Å². The molecule has 1 fully saturated rings. The van der Waals surface area contributed by atoms with Crippen molar-refractivity contribution in [2.24, 2.45) is 13.0 Å². The van der Waals surface area contributed by atoms with Gasteiger partial charge in [0.2, 0.25) is 0 Å². The molecule has 1 aromatic heterocycles. The fraction of sp³-hybridized carbons (Fsp3) is 0.167. The van der Waals surface area contributed by atoms with Gasteiger partial charge in [0.1, 0.15) is 5.75 Å². The number of hydrogen-bond donors (Lipinski definition) is 3. The van der Waals surface area contributed by atoms with Gasteiger partial charge in [-0.2, -0.15) is 0 Å². The predicted molar refractivity (Wildman–Crippen MR) is 166 cm³/mol. The SMILES string of the molecule is Cc1ccc2c3c1cccc3/c(=C\C1C(O)C(c3ccc(N(c4ccccc4)c4ccccc4)cc3O)C1O)n2C. The smallest absolute Gasteiger partial charge is 0.121 e. The molecule has 0 amide bonds. The molecule has 0 aliphatic heterocycles. The maximum absolute atomic E-state index is 11.3. The van der Waals surface area contributed by atoms with Gasteiger partial charge in [-0.25, -0.2) is 0 Å². The Morgan fingerprint density at radius 3 is 1.98 bits per heavy atom. The summed E-state index contributed by atoms with van der Waals surface area (Å²) in [6.45, 7) is 2.12. The third-order valence-corrected chi connectivity index (χ3v) is 8.77. The first-order valence-electron chi connectivity index (χ1n) is 14.0. The van der Waals surface area contributed by atoms with Gasteiger partial charge in [-0.1, -0.05) is 72.8 Å². The first-order chi connectivity index (χ1) is 19.9. The molecule has 5 heteroatoms. The lowest BCUT2D eigenvalue weighted by atomic mass is 9.65. The molecule has 6 aromatic rings. The third kappa shape index (κ3) is 4.00. The number of anilines is 3.